The first-order chi connectivity index (χ1) is 18.2. The summed E-state index contributed by atoms with van der Waals surface area (Å²) in [6.45, 7) is 25.3. The lowest BCUT2D eigenvalue weighted by molar-refractivity contribution is -0.166. The number of aryl methyl sites for hydroxylation is 1. The number of carbonyl (C=O) groups excluding carboxylic acids is 2. The third kappa shape index (κ3) is 3.08. The third-order valence-corrected chi connectivity index (χ3v) is 13.2. The van der Waals surface area contributed by atoms with E-state index < -0.39 is 10.8 Å². The van der Waals surface area contributed by atoms with Gasteiger partial charge < -0.3 is 9.32 Å². The van der Waals surface area contributed by atoms with Crippen molar-refractivity contribution >= 4 is 11.6 Å². The van der Waals surface area contributed by atoms with Crippen LogP contribution >= 0.6 is 0 Å². The van der Waals surface area contributed by atoms with Crippen molar-refractivity contribution in [2.75, 3.05) is 0 Å². The van der Waals surface area contributed by atoms with Gasteiger partial charge in [0.25, 0.3) is 0 Å². The number of allylic oxidation sites excluding steroid dienone is 4. The highest BCUT2D eigenvalue weighted by Crippen LogP contribution is 2.74. The summed E-state index contributed by atoms with van der Waals surface area (Å²) in [6.07, 6.45) is 9.69. The summed E-state index contributed by atoms with van der Waals surface area (Å²) in [6, 6.07) is 0. The number of nitrogens with zero attached hydrogens (tertiary/aromatic N) is 3. The molecule has 1 heterocycles. The zero-order valence-electron chi connectivity index (χ0n) is 24.9. The maximum Gasteiger partial charge on any atom is 0.233 e. The molecule has 0 N–H and O–H groups in total. The van der Waals surface area contributed by atoms with Gasteiger partial charge in [-0.2, -0.15) is 4.98 Å². The van der Waals surface area contributed by atoms with Crippen molar-refractivity contribution in [3.05, 3.63) is 46.6 Å². The number of aromatic nitrogens is 2. The third-order valence-electron chi connectivity index (χ3n) is 13.2. The zero-order valence-corrected chi connectivity index (χ0v) is 24.9. The highest BCUT2D eigenvalue weighted by Gasteiger charge is 2.71. The molecule has 0 aliphatic heterocycles. The summed E-state index contributed by atoms with van der Waals surface area (Å²) < 4.78 is 5.92. The van der Waals surface area contributed by atoms with Crippen LogP contribution in [0.25, 0.3) is 4.85 Å². The van der Waals surface area contributed by atoms with E-state index in [2.05, 4.69) is 44.6 Å². The van der Waals surface area contributed by atoms with E-state index in [0.29, 0.717) is 17.7 Å². The Morgan fingerprint density at radius 3 is 2.38 bits per heavy atom. The van der Waals surface area contributed by atoms with Crippen LogP contribution in [0.2, 0.25) is 0 Å². The van der Waals surface area contributed by atoms with Crippen molar-refractivity contribution in [2.24, 2.45) is 51.2 Å². The fraction of sp³-hybridized carbons (Fsp3) is 0.727. The highest BCUT2D eigenvalue weighted by atomic mass is 16.5. The number of hydrogen-bond acceptors (Lipinski definition) is 5. The molecule has 0 radical (unpaired) electrons. The van der Waals surface area contributed by atoms with Crippen LogP contribution in [-0.4, -0.2) is 21.7 Å². The predicted molar refractivity (Wildman–Crippen MR) is 148 cm³/mol. The second-order valence-corrected chi connectivity index (χ2v) is 15.0. The Labute approximate surface area is 232 Å². The van der Waals surface area contributed by atoms with Gasteiger partial charge >= 0.3 is 0 Å². The van der Waals surface area contributed by atoms with E-state index in [-0.39, 0.29) is 51.3 Å². The number of carbonyl (C=O) groups is 2. The predicted octanol–water partition coefficient (Wildman–Crippen LogP) is 7.06. The number of ketones is 2. The van der Waals surface area contributed by atoms with Crippen molar-refractivity contribution < 1.29 is 14.1 Å². The summed E-state index contributed by atoms with van der Waals surface area (Å²) in [5.74, 6) is 2.47. The molecule has 0 bridgehead atoms. The smallest absolute Gasteiger partial charge is 0.233 e. The largest absolute Gasteiger partial charge is 0.339 e. The lowest BCUT2D eigenvalue weighted by Crippen LogP contribution is -2.66. The molecular weight excluding hydrogens is 486 g/mol. The summed E-state index contributed by atoms with van der Waals surface area (Å²) in [4.78, 5) is 36.4. The van der Waals surface area contributed by atoms with Crippen LogP contribution in [0.15, 0.2) is 27.9 Å². The van der Waals surface area contributed by atoms with Crippen LogP contribution in [0.4, 0.5) is 0 Å². The van der Waals surface area contributed by atoms with Gasteiger partial charge in [0.15, 0.2) is 17.4 Å². The molecule has 6 heteroatoms. The van der Waals surface area contributed by atoms with E-state index >= 15 is 0 Å². The Kier molecular flexibility index (Phi) is 5.48. The Morgan fingerprint density at radius 1 is 1.03 bits per heavy atom. The van der Waals surface area contributed by atoms with E-state index in [4.69, 9.17) is 16.1 Å². The molecule has 5 aliphatic rings. The van der Waals surface area contributed by atoms with Crippen LogP contribution < -0.4 is 0 Å². The van der Waals surface area contributed by atoms with E-state index in [1.165, 1.54) is 0 Å². The van der Waals surface area contributed by atoms with E-state index in [0.717, 1.165) is 50.0 Å². The standard InChI is InChI=1S/C33H43N3O3/c1-18-10-13-33(28-35-20(3)36-39-28)15-14-32(8)26(25(33)19(18)2)22(37)16-24-30(6)17-21(34-9)27(38)29(4,5)23(30)11-12-31(24,32)7/h16-19,23,25-26H,10-15H2,1-8H3/t18-,19+,23+,25+,26-,30+,31-,32-,33+/m1/s1. The Morgan fingerprint density at radius 2 is 1.74 bits per heavy atom. The van der Waals surface area contributed by atoms with Crippen molar-refractivity contribution in [1.82, 2.24) is 10.1 Å². The van der Waals surface area contributed by atoms with Crippen molar-refractivity contribution in [1.29, 1.82) is 0 Å². The van der Waals surface area contributed by atoms with Crippen LogP contribution in [0.3, 0.4) is 0 Å². The molecule has 208 valence electrons. The topological polar surface area (TPSA) is 77.4 Å². The normalized spacial score (nSPS) is 46.6. The first-order valence-electron chi connectivity index (χ1n) is 14.9. The molecule has 0 unspecified atom stereocenters. The first-order valence-corrected chi connectivity index (χ1v) is 14.9. The maximum absolute atomic E-state index is 14.6. The minimum atomic E-state index is -0.642. The molecule has 0 saturated heterocycles. The molecule has 1 aromatic heterocycles. The van der Waals surface area contributed by atoms with Gasteiger partial charge in [-0.1, -0.05) is 65.3 Å². The van der Waals surface area contributed by atoms with Gasteiger partial charge in [-0.05, 0) is 86.0 Å². The van der Waals surface area contributed by atoms with Crippen molar-refractivity contribution in [3.8, 4) is 0 Å². The minimum absolute atomic E-state index is 0.0577. The Balaban J connectivity index is 1.55. The summed E-state index contributed by atoms with van der Waals surface area (Å²) in [7, 11) is 0. The Bertz CT molecular complexity index is 1380. The molecular formula is C33H43N3O3. The fourth-order valence-corrected chi connectivity index (χ4v) is 10.7. The average Bonchev–Trinajstić information content (AvgIpc) is 3.32. The zero-order chi connectivity index (χ0) is 28.3. The second kappa shape index (κ2) is 8.02. The van der Waals surface area contributed by atoms with Gasteiger partial charge in [-0.25, -0.2) is 4.85 Å². The van der Waals surface area contributed by atoms with Gasteiger partial charge in [-0.3, -0.25) is 4.79 Å². The van der Waals surface area contributed by atoms with Crippen LogP contribution in [0.5, 0.6) is 0 Å². The van der Waals surface area contributed by atoms with E-state index in [1.807, 2.05) is 32.9 Å². The fourth-order valence-electron chi connectivity index (χ4n) is 10.7. The number of fused-ring (bicyclic) bond motifs is 7. The summed E-state index contributed by atoms with van der Waals surface area (Å²) in [5.41, 5.74) is -0.494. The quantitative estimate of drug-likeness (QED) is 0.364. The second-order valence-electron chi connectivity index (χ2n) is 15.0. The van der Waals surface area contributed by atoms with Crippen LogP contribution in [0, 0.1) is 64.7 Å². The van der Waals surface area contributed by atoms with Gasteiger partial charge in [-0.15, -0.1) is 0 Å². The number of hydrogen-bond donors (Lipinski definition) is 0. The van der Waals surface area contributed by atoms with Gasteiger partial charge in [0.05, 0.1) is 12.0 Å². The first kappa shape index (κ1) is 26.7. The van der Waals surface area contributed by atoms with E-state index in [9.17, 15) is 9.59 Å². The summed E-state index contributed by atoms with van der Waals surface area (Å²) in [5, 5.41) is 4.19. The minimum Gasteiger partial charge on any atom is -0.339 e. The molecule has 0 amide bonds. The molecule has 6 nitrogen and oxygen atoms in total. The number of Topliss-reactive ketones (excluding diaryl/α,β-unsaturated/α-hetero) is 1. The molecule has 3 saturated carbocycles. The average molecular weight is 530 g/mol. The highest BCUT2D eigenvalue weighted by molar-refractivity contribution is 6.03. The van der Waals surface area contributed by atoms with Gasteiger partial charge in [0.2, 0.25) is 11.6 Å². The molecule has 5 aliphatic carbocycles. The molecule has 6 rings (SSSR count). The molecule has 39 heavy (non-hydrogen) atoms. The molecule has 0 spiro atoms. The van der Waals surface area contributed by atoms with Gasteiger partial charge in [0, 0.05) is 16.7 Å². The van der Waals surface area contributed by atoms with Crippen molar-refractivity contribution in [3.63, 3.8) is 0 Å². The van der Waals surface area contributed by atoms with Crippen LogP contribution in [-0.2, 0) is 15.0 Å². The summed E-state index contributed by atoms with van der Waals surface area (Å²) >= 11 is 0. The maximum atomic E-state index is 14.6. The lowest BCUT2D eigenvalue weighted by atomic mass is 9.34. The molecule has 0 aromatic carbocycles. The Hall–Kier alpha value is -2.55. The van der Waals surface area contributed by atoms with Crippen LogP contribution in [0.1, 0.15) is 98.7 Å². The van der Waals surface area contributed by atoms with E-state index in [1.54, 1.807) is 0 Å². The monoisotopic (exact) mass is 529 g/mol. The SMILES string of the molecule is [C-]#[N+]C1=C[C@]2(C)C3=CC(=O)[C@@H]4[C@@H]5[C@@H](C)[C@H](C)CC[C@]5(c5nc(C)no5)CC[C@@]4(C)[C@]3(C)CC[C@H]2C(C)(C)C1=O. The number of rotatable bonds is 1. The lowest BCUT2D eigenvalue weighted by Gasteiger charge is -2.69. The van der Waals surface area contributed by atoms with Gasteiger partial charge in [0.1, 0.15) is 0 Å². The molecule has 9 atom stereocenters. The molecule has 3 fully saturated rings. The van der Waals surface area contributed by atoms with Crippen molar-refractivity contribution in [2.45, 2.75) is 99.3 Å². The molecule has 1 aromatic rings.